The van der Waals surface area contributed by atoms with E-state index in [0.717, 1.165) is 17.1 Å². The number of nitrogens with one attached hydrogen (secondary N) is 1. The van der Waals surface area contributed by atoms with Crippen molar-refractivity contribution in [3.63, 3.8) is 0 Å². The highest BCUT2D eigenvalue weighted by molar-refractivity contribution is 5.97. The first kappa shape index (κ1) is 13.5. The Labute approximate surface area is 123 Å². The third-order valence-corrected chi connectivity index (χ3v) is 3.66. The van der Waals surface area contributed by atoms with Crippen molar-refractivity contribution in [3.8, 4) is 11.4 Å². The van der Waals surface area contributed by atoms with E-state index in [1.165, 1.54) is 4.90 Å². The van der Waals surface area contributed by atoms with Crippen LogP contribution >= 0.6 is 0 Å². The third-order valence-electron chi connectivity index (χ3n) is 3.66. The second kappa shape index (κ2) is 5.91. The van der Waals surface area contributed by atoms with Crippen LogP contribution in [0.25, 0.3) is 11.4 Å². The number of benzene rings is 1. The van der Waals surface area contributed by atoms with Crippen LogP contribution in [0.15, 0.2) is 36.5 Å². The molecule has 2 amide bonds. The predicted octanol–water partition coefficient (Wildman–Crippen LogP) is 2.16. The first-order valence-electron chi connectivity index (χ1n) is 7.16. The molecule has 0 atom stereocenters. The number of carbonyl (C=O) groups is 2. The van der Waals surface area contributed by atoms with Crippen molar-refractivity contribution in [2.45, 2.75) is 25.7 Å². The lowest BCUT2D eigenvalue weighted by Crippen LogP contribution is -2.41. The Morgan fingerprint density at radius 3 is 2.52 bits per heavy atom. The van der Waals surface area contributed by atoms with E-state index in [9.17, 15) is 9.59 Å². The van der Waals surface area contributed by atoms with Crippen LogP contribution in [0.1, 0.15) is 25.0 Å². The first-order chi connectivity index (χ1) is 10.2. The Morgan fingerprint density at radius 1 is 1.10 bits per heavy atom. The summed E-state index contributed by atoms with van der Waals surface area (Å²) in [6.07, 6.45) is 4.00. The average molecular weight is 283 g/mol. The van der Waals surface area contributed by atoms with Crippen molar-refractivity contribution in [1.29, 1.82) is 0 Å². The summed E-state index contributed by atoms with van der Waals surface area (Å²) in [6.45, 7) is 0.425. The first-order valence-corrected chi connectivity index (χ1v) is 7.16. The molecule has 21 heavy (non-hydrogen) atoms. The third kappa shape index (κ3) is 3.02. The molecule has 1 aromatic heterocycles. The number of imide groups is 1. The molecule has 1 saturated heterocycles. The number of imidazole rings is 1. The molecular weight excluding hydrogens is 266 g/mol. The molecule has 3 rings (SSSR count). The molecular formula is C16H17N3O2. The van der Waals surface area contributed by atoms with Gasteiger partial charge >= 0.3 is 0 Å². The number of hydrogen-bond donors (Lipinski definition) is 1. The lowest BCUT2D eigenvalue weighted by Gasteiger charge is -2.24. The molecule has 1 aliphatic rings. The summed E-state index contributed by atoms with van der Waals surface area (Å²) in [6, 6.07) is 9.85. The summed E-state index contributed by atoms with van der Waals surface area (Å²) in [4.78, 5) is 32.4. The Morgan fingerprint density at radius 2 is 1.81 bits per heavy atom. The normalized spacial score (nSPS) is 15.5. The van der Waals surface area contributed by atoms with Crippen LogP contribution in [0.2, 0.25) is 0 Å². The van der Waals surface area contributed by atoms with E-state index < -0.39 is 0 Å². The molecule has 1 N–H and O–H groups in total. The molecule has 1 fully saturated rings. The van der Waals surface area contributed by atoms with Crippen molar-refractivity contribution >= 4 is 11.8 Å². The van der Waals surface area contributed by atoms with Crippen LogP contribution in [0.4, 0.5) is 0 Å². The van der Waals surface area contributed by atoms with Crippen molar-refractivity contribution < 1.29 is 9.59 Å². The molecule has 0 bridgehead atoms. The largest absolute Gasteiger partial charge is 0.342 e. The number of piperidine rings is 1. The summed E-state index contributed by atoms with van der Waals surface area (Å²) >= 11 is 0. The molecule has 2 heterocycles. The number of aromatic amines is 1. The smallest absolute Gasteiger partial charge is 0.229 e. The van der Waals surface area contributed by atoms with Crippen LogP contribution in [0.3, 0.4) is 0 Å². The van der Waals surface area contributed by atoms with Crippen molar-refractivity contribution in [3.05, 3.63) is 42.2 Å². The van der Waals surface area contributed by atoms with Crippen molar-refractivity contribution in [2.75, 3.05) is 6.54 Å². The number of hydrogen-bond acceptors (Lipinski definition) is 3. The second-order valence-corrected chi connectivity index (χ2v) is 5.17. The fourth-order valence-corrected chi connectivity index (χ4v) is 2.51. The maximum Gasteiger partial charge on any atom is 0.229 e. The zero-order chi connectivity index (χ0) is 14.7. The number of likely N-dealkylation sites (tertiary alicyclic amines) is 1. The SMILES string of the molecule is O=C1CCCC(=O)N1CCc1cnc(-c2ccccc2)[nH]1. The monoisotopic (exact) mass is 283 g/mol. The van der Waals surface area contributed by atoms with Crippen LogP contribution in [0.5, 0.6) is 0 Å². The molecule has 5 heteroatoms. The van der Waals surface area contributed by atoms with E-state index in [-0.39, 0.29) is 11.8 Å². The molecule has 2 aromatic rings. The zero-order valence-electron chi connectivity index (χ0n) is 11.7. The molecule has 1 aliphatic heterocycles. The highest BCUT2D eigenvalue weighted by atomic mass is 16.2. The number of aromatic nitrogens is 2. The molecule has 0 saturated carbocycles. The van der Waals surface area contributed by atoms with Crippen LogP contribution in [0, 0.1) is 0 Å². The van der Waals surface area contributed by atoms with Gasteiger partial charge in [0.1, 0.15) is 5.82 Å². The summed E-state index contributed by atoms with van der Waals surface area (Å²) in [5, 5.41) is 0. The Balaban J connectivity index is 1.65. The molecule has 0 aliphatic carbocycles. The van der Waals surface area contributed by atoms with Gasteiger partial charge < -0.3 is 4.98 Å². The Hall–Kier alpha value is -2.43. The van der Waals surface area contributed by atoms with Gasteiger partial charge in [0.2, 0.25) is 11.8 Å². The number of nitrogens with zero attached hydrogens (tertiary/aromatic N) is 2. The summed E-state index contributed by atoms with van der Waals surface area (Å²) in [5.41, 5.74) is 1.95. The van der Waals surface area contributed by atoms with E-state index in [1.807, 2.05) is 30.3 Å². The van der Waals surface area contributed by atoms with E-state index >= 15 is 0 Å². The van der Waals surface area contributed by atoms with E-state index in [2.05, 4.69) is 9.97 Å². The van der Waals surface area contributed by atoms with Gasteiger partial charge in [0.25, 0.3) is 0 Å². The van der Waals surface area contributed by atoms with E-state index in [4.69, 9.17) is 0 Å². The van der Waals surface area contributed by atoms with Gasteiger partial charge in [0.15, 0.2) is 0 Å². The standard InChI is InChI=1S/C16H17N3O2/c20-14-7-4-8-15(21)19(14)10-9-13-11-17-16(18-13)12-5-2-1-3-6-12/h1-3,5-6,11H,4,7-10H2,(H,17,18). The number of carbonyl (C=O) groups excluding carboxylic acids is 2. The number of H-pyrrole nitrogens is 1. The minimum Gasteiger partial charge on any atom is -0.342 e. The van der Waals surface area contributed by atoms with Gasteiger partial charge in [-0.25, -0.2) is 4.98 Å². The van der Waals surface area contributed by atoms with Gasteiger partial charge in [-0.05, 0) is 6.42 Å². The Bertz CT molecular complexity index is 633. The molecule has 5 nitrogen and oxygen atoms in total. The molecule has 108 valence electrons. The highest BCUT2D eigenvalue weighted by Gasteiger charge is 2.25. The van der Waals surface area contributed by atoms with Crippen LogP contribution in [-0.2, 0) is 16.0 Å². The van der Waals surface area contributed by atoms with Crippen molar-refractivity contribution in [1.82, 2.24) is 14.9 Å². The van der Waals surface area contributed by atoms with Gasteiger partial charge in [-0.3, -0.25) is 14.5 Å². The quantitative estimate of drug-likeness (QED) is 0.874. The molecule has 0 spiro atoms. The minimum atomic E-state index is -0.0611. The fraction of sp³-hybridized carbons (Fsp3) is 0.312. The molecule has 0 unspecified atom stereocenters. The van der Waals surface area contributed by atoms with Crippen LogP contribution in [-0.4, -0.2) is 33.2 Å². The van der Waals surface area contributed by atoms with E-state index in [1.54, 1.807) is 6.20 Å². The molecule has 1 aromatic carbocycles. The second-order valence-electron chi connectivity index (χ2n) is 5.17. The maximum atomic E-state index is 11.7. The van der Waals surface area contributed by atoms with Crippen molar-refractivity contribution in [2.24, 2.45) is 0 Å². The minimum absolute atomic E-state index is 0.0611. The predicted molar refractivity (Wildman–Crippen MR) is 78.3 cm³/mol. The average Bonchev–Trinajstić information content (AvgIpc) is 2.97. The van der Waals surface area contributed by atoms with Gasteiger partial charge in [0, 0.05) is 43.3 Å². The lowest BCUT2D eigenvalue weighted by molar-refractivity contribution is -0.147. The van der Waals surface area contributed by atoms with Gasteiger partial charge in [-0.2, -0.15) is 0 Å². The highest BCUT2D eigenvalue weighted by Crippen LogP contribution is 2.16. The fourth-order valence-electron chi connectivity index (χ4n) is 2.51. The number of rotatable bonds is 4. The topological polar surface area (TPSA) is 66.1 Å². The summed E-state index contributed by atoms with van der Waals surface area (Å²) in [5.74, 6) is 0.685. The maximum absolute atomic E-state index is 11.7. The summed E-state index contributed by atoms with van der Waals surface area (Å²) in [7, 11) is 0. The van der Waals surface area contributed by atoms with Gasteiger partial charge in [0.05, 0.1) is 0 Å². The van der Waals surface area contributed by atoms with Gasteiger partial charge in [-0.1, -0.05) is 30.3 Å². The van der Waals surface area contributed by atoms with E-state index in [0.29, 0.717) is 32.2 Å². The van der Waals surface area contributed by atoms with Crippen LogP contribution < -0.4 is 0 Å². The zero-order valence-corrected chi connectivity index (χ0v) is 11.7. The summed E-state index contributed by atoms with van der Waals surface area (Å²) < 4.78 is 0. The number of amides is 2. The Kier molecular flexibility index (Phi) is 3.81. The van der Waals surface area contributed by atoms with Gasteiger partial charge in [-0.15, -0.1) is 0 Å². The molecule has 0 radical (unpaired) electrons. The lowest BCUT2D eigenvalue weighted by atomic mass is 10.1.